The second kappa shape index (κ2) is 8.48. The number of methoxy groups -OCH3 is 2. The van der Waals surface area contributed by atoms with Crippen molar-refractivity contribution in [1.29, 1.82) is 0 Å². The normalized spacial score (nSPS) is 12.4. The SMILES string of the molecule is COCCNCC(O)Cc1cc(OC)ccc1Br. The molecule has 0 saturated carbocycles. The van der Waals surface area contributed by atoms with E-state index in [1.165, 1.54) is 0 Å². The van der Waals surface area contributed by atoms with Crippen molar-refractivity contribution >= 4 is 15.9 Å². The van der Waals surface area contributed by atoms with Gasteiger partial charge in [-0.1, -0.05) is 15.9 Å². The van der Waals surface area contributed by atoms with Crippen molar-refractivity contribution in [2.45, 2.75) is 12.5 Å². The molecule has 0 aliphatic heterocycles. The molecular weight excluding hydrogens is 298 g/mol. The number of hydrogen-bond donors (Lipinski definition) is 2. The van der Waals surface area contributed by atoms with Gasteiger partial charge in [-0.15, -0.1) is 0 Å². The third-order valence-electron chi connectivity index (χ3n) is 2.57. The summed E-state index contributed by atoms with van der Waals surface area (Å²) in [5, 5.41) is 13.1. The molecule has 1 unspecified atom stereocenters. The lowest BCUT2D eigenvalue weighted by Crippen LogP contribution is -2.30. The Kier molecular flexibility index (Phi) is 7.27. The molecule has 4 nitrogen and oxygen atoms in total. The highest BCUT2D eigenvalue weighted by atomic mass is 79.9. The van der Waals surface area contributed by atoms with Crippen LogP contribution in [0.25, 0.3) is 0 Å². The van der Waals surface area contributed by atoms with Crippen LogP contribution in [0.4, 0.5) is 0 Å². The van der Waals surface area contributed by atoms with E-state index in [2.05, 4.69) is 21.2 Å². The molecule has 0 amide bonds. The van der Waals surface area contributed by atoms with Crippen LogP contribution in [0.3, 0.4) is 0 Å². The first-order valence-corrected chi connectivity index (χ1v) is 6.66. The molecule has 1 aromatic rings. The Labute approximate surface area is 116 Å². The van der Waals surface area contributed by atoms with Gasteiger partial charge in [0.25, 0.3) is 0 Å². The summed E-state index contributed by atoms with van der Waals surface area (Å²) < 4.78 is 11.1. The Morgan fingerprint density at radius 3 is 2.83 bits per heavy atom. The van der Waals surface area contributed by atoms with Gasteiger partial charge in [0.2, 0.25) is 0 Å². The Morgan fingerprint density at radius 1 is 1.39 bits per heavy atom. The maximum atomic E-state index is 9.93. The second-order valence-corrected chi connectivity index (χ2v) is 4.87. The van der Waals surface area contributed by atoms with Gasteiger partial charge in [-0.05, 0) is 23.8 Å². The fourth-order valence-corrected chi connectivity index (χ4v) is 2.01. The average Bonchev–Trinajstić information content (AvgIpc) is 2.37. The fraction of sp³-hybridized carbons (Fsp3) is 0.538. The molecule has 0 aliphatic carbocycles. The maximum Gasteiger partial charge on any atom is 0.119 e. The van der Waals surface area contributed by atoms with Gasteiger partial charge in [0, 0.05) is 31.1 Å². The summed E-state index contributed by atoms with van der Waals surface area (Å²) in [6.07, 6.45) is 0.155. The van der Waals surface area contributed by atoms with Gasteiger partial charge in [-0.2, -0.15) is 0 Å². The van der Waals surface area contributed by atoms with Gasteiger partial charge in [0.15, 0.2) is 0 Å². The summed E-state index contributed by atoms with van der Waals surface area (Å²) in [6, 6.07) is 5.75. The number of aliphatic hydroxyl groups excluding tert-OH is 1. The lowest BCUT2D eigenvalue weighted by atomic mass is 10.1. The zero-order valence-corrected chi connectivity index (χ0v) is 12.4. The van der Waals surface area contributed by atoms with E-state index in [-0.39, 0.29) is 0 Å². The monoisotopic (exact) mass is 317 g/mol. The van der Waals surface area contributed by atoms with Crippen molar-refractivity contribution < 1.29 is 14.6 Å². The van der Waals surface area contributed by atoms with E-state index in [4.69, 9.17) is 9.47 Å². The fourth-order valence-electron chi connectivity index (χ4n) is 1.60. The van der Waals surface area contributed by atoms with Gasteiger partial charge in [0.1, 0.15) is 5.75 Å². The molecule has 0 spiro atoms. The Morgan fingerprint density at radius 2 is 2.17 bits per heavy atom. The van der Waals surface area contributed by atoms with Crippen molar-refractivity contribution in [2.75, 3.05) is 33.9 Å². The lowest BCUT2D eigenvalue weighted by Gasteiger charge is -2.13. The van der Waals surface area contributed by atoms with E-state index in [1.54, 1.807) is 14.2 Å². The van der Waals surface area contributed by atoms with E-state index in [9.17, 15) is 5.11 Å². The first-order valence-electron chi connectivity index (χ1n) is 5.87. The van der Waals surface area contributed by atoms with Crippen LogP contribution in [0.2, 0.25) is 0 Å². The minimum absolute atomic E-state index is 0.426. The van der Waals surface area contributed by atoms with E-state index in [0.717, 1.165) is 22.3 Å². The summed E-state index contributed by atoms with van der Waals surface area (Å²) in [4.78, 5) is 0. The molecule has 2 N–H and O–H groups in total. The van der Waals surface area contributed by atoms with Crippen LogP contribution in [0, 0.1) is 0 Å². The molecule has 18 heavy (non-hydrogen) atoms. The summed E-state index contributed by atoms with van der Waals surface area (Å²) >= 11 is 3.47. The van der Waals surface area contributed by atoms with Crippen molar-refractivity contribution in [2.24, 2.45) is 0 Å². The molecule has 1 atom stereocenters. The molecule has 0 saturated heterocycles. The van der Waals surface area contributed by atoms with Crippen LogP contribution in [0.5, 0.6) is 5.75 Å². The van der Waals surface area contributed by atoms with Crippen molar-refractivity contribution in [3.05, 3.63) is 28.2 Å². The topological polar surface area (TPSA) is 50.7 Å². The molecule has 0 radical (unpaired) electrons. The van der Waals surface area contributed by atoms with Gasteiger partial charge in [0.05, 0.1) is 19.8 Å². The first-order chi connectivity index (χ1) is 8.67. The van der Waals surface area contributed by atoms with E-state index < -0.39 is 6.10 Å². The molecule has 5 heteroatoms. The maximum absolute atomic E-state index is 9.93. The second-order valence-electron chi connectivity index (χ2n) is 4.01. The van der Waals surface area contributed by atoms with Crippen molar-refractivity contribution in [1.82, 2.24) is 5.32 Å². The zero-order valence-electron chi connectivity index (χ0n) is 10.8. The van der Waals surface area contributed by atoms with Crippen LogP contribution in [0.1, 0.15) is 5.56 Å². The molecule has 0 aromatic heterocycles. The predicted octanol–water partition coefficient (Wildman–Crippen LogP) is 1.60. The molecule has 0 heterocycles. The molecule has 0 bridgehead atoms. The molecular formula is C13H20BrNO3. The van der Waals surface area contributed by atoms with Crippen LogP contribution >= 0.6 is 15.9 Å². The Balaban J connectivity index is 2.45. The highest BCUT2D eigenvalue weighted by molar-refractivity contribution is 9.10. The van der Waals surface area contributed by atoms with Crippen LogP contribution in [0.15, 0.2) is 22.7 Å². The van der Waals surface area contributed by atoms with Gasteiger partial charge < -0.3 is 19.9 Å². The summed E-state index contributed by atoms with van der Waals surface area (Å²) in [5.74, 6) is 0.799. The summed E-state index contributed by atoms with van der Waals surface area (Å²) in [7, 11) is 3.29. The number of aliphatic hydroxyl groups is 1. The average molecular weight is 318 g/mol. The van der Waals surface area contributed by atoms with Crippen LogP contribution in [-0.2, 0) is 11.2 Å². The highest BCUT2D eigenvalue weighted by Crippen LogP contribution is 2.23. The third kappa shape index (κ3) is 5.35. The molecule has 0 fully saturated rings. The minimum Gasteiger partial charge on any atom is -0.497 e. The number of rotatable bonds is 8. The largest absolute Gasteiger partial charge is 0.497 e. The summed E-state index contributed by atoms with van der Waals surface area (Å²) in [5.41, 5.74) is 1.04. The molecule has 0 aliphatic rings. The molecule has 1 rings (SSSR count). The number of nitrogens with one attached hydrogen (secondary N) is 1. The Bertz CT molecular complexity index is 360. The highest BCUT2D eigenvalue weighted by Gasteiger charge is 2.09. The zero-order chi connectivity index (χ0) is 13.4. The standard InChI is InChI=1S/C13H20BrNO3/c1-17-6-5-15-9-11(16)7-10-8-12(18-2)3-4-13(10)14/h3-4,8,11,15-16H,5-7,9H2,1-2H3. The van der Waals surface area contributed by atoms with E-state index >= 15 is 0 Å². The van der Waals surface area contributed by atoms with Gasteiger partial charge in [-0.3, -0.25) is 0 Å². The number of hydrogen-bond acceptors (Lipinski definition) is 4. The molecule has 1 aromatic carbocycles. The summed E-state index contributed by atoms with van der Waals surface area (Å²) in [6.45, 7) is 1.94. The van der Waals surface area contributed by atoms with E-state index in [0.29, 0.717) is 19.6 Å². The van der Waals surface area contributed by atoms with Gasteiger partial charge >= 0.3 is 0 Å². The number of halogens is 1. The smallest absolute Gasteiger partial charge is 0.119 e. The minimum atomic E-state index is -0.426. The third-order valence-corrected chi connectivity index (χ3v) is 3.34. The Hall–Kier alpha value is -0.620. The van der Waals surface area contributed by atoms with Gasteiger partial charge in [-0.25, -0.2) is 0 Å². The number of ether oxygens (including phenoxy) is 2. The lowest BCUT2D eigenvalue weighted by molar-refractivity contribution is 0.159. The van der Waals surface area contributed by atoms with Crippen molar-refractivity contribution in [3.63, 3.8) is 0 Å². The van der Waals surface area contributed by atoms with Crippen LogP contribution in [-0.4, -0.2) is 45.1 Å². The molecule has 102 valence electrons. The quantitative estimate of drug-likeness (QED) is 0.715. The number of benzene rings is 1. The van der Waals surface area contributed by atoms with Crippen molar-refractivity contribution in [3.8, 4) is 5.75 Å². The predicted molar refractivity (Wildman–Crippen MR) is 75.2 cm³/mol. The first kappa shape index (κ1) is 15.4. The van der Waals surface area contributed by atoms with E-state index in [1.807, 2.05) is 18.2 Å². The van der Waals surface area contributed by atoms with Crippen LogP contribution < -0.4 is 10.1 Å².